The standard InChI is InChI=1S/C17H15NO3/c1-10(19)18(2)14-9-5-8-13-15(14)17(21)12-7-4-3-6-11(12)16(13)20/h3-9,20-21H,1-2H3. The number of nitrogens with zero attached hydrogens (tertiary/aromatic N) is 1. The van der Waals surface area contributed by atoms with Crippen molar-refractivity contribution in [3.63, 3.8) is 0 Å². The molecule has 0 atom stereocenters. The number of hydrogen-bond acceptors (Lipinski definition) is 3. The molecule has 0 fully saturated rings. The fourth-order valence-corrected chi connectivity index (χ4v) is 2.61. The van der Waals surface area contributed by atoms with E-state index in [0.29, 0.717) is 27.2 Å². The minimum absolute atomic E-state index is 0.0714. The summed E-state index contributed by atoms with van der Waals surface area (Å²) in [5, 5.41) is 23.2. The van der Waals surface area contributed by atoms with E-state index in [-0.39, 0.29) is 17.4 Å². The Bertz CT molecular complexity index is 871. The summed E-state index contributed by atoms with van der Waals surface area (Å²) in [6, 6.07) is 12.3. The molecule has 0 aromatic heterocycles. The zero-order valence-corrected chi connectivity index (χ0v) is 11.8. The summed E-state index contributed by atoms with van der Waals surface area (Å²) < 4.78 is 0. The summed E-state index contributed by atoms with van der Waals surface area (Å²) in [5.41, 5.74) is 0.568. The number of phenols is 2. The molecule has 0 heterocycles. The van der Waals surface area contributed by atoms with Gasteiger partial charge in [0.2, 0.25) is 5.91 Å². The number of rotatable bonds is 1. The van der Waals surface area contributed by atoms with Crippen LogP contribution >= 0.6 is 0 Å². The lowest BCUT2D eigenvalue weighted by atomic mass is 9.99. The number of carbonyl (C=O) groups excluding carboxylic acids is 1. The lowest BCUT2D eigenvalue weighted by molar-refractivity contribution is -0.116. The molecule has 0 saturated carbocycles. The van der Waals surface area contributed by atoms with Crippen molar-refractivity contribution < 1.29 is 15.0 Å². The van der Waals surface area contributed by atoms with Crippen LogP contribution in [0.5, 0.6) is 11.5 Å². The van der Waals surface area contributed by atoms with Crippen molar-refractivity contribution in [3.8, 4) is 11.5 Å². The molecule has 0 aliphatic carbocycles. The van der Waals surface area contributed by atoms with Crippen LogP contribution in [-0.4, -0.2) is 23.2 Å². The molecule has 3 rings (SSSR count). The van der Waals surface area contributed by atoms with E-state index in [1.165, 1.54) is 11.8 Å². The van der Waals surface area contributed by atoms with Gasteiger partial charge < -0.3 is 15.1 Å². The Morgan fingerprint density at radius 2 is 1.48 bits per heavy atom. The first-order valence-electron chi connectivity index (χ1n) is 6.62. The number of phenolic OH excluding ortho intramolecular Hbond substituents is 2. The van der Waals surface area contributed by atoms with Crippen LogP contribution < -0.4 is 4.90 Å². The highest BCUT2D eigenvalue weighted by Gasteiger charge is 2.18. The molecule has 21 heavy (non-hydrogen) atoms. The summed E-state index contributed by atoms with van der Waals surface area (Å²) >= 11 is 0. The second-order valence-electron chi connectivity index (χ2n) is 5.02. The molecular weight excluding hydrogens is 266 g/mol. The highest BCUT2D eigenvalue weighted by molar-refractivity contribution is 6.16. The number of aromatic hydroxyl groups is 2. The number of fused-ring (bicyclic) bond motifs is 2. The van der Waals surface area contributed by atoms with E-state index in [1.54, 1.807) is 49.5 Å². The van der Waals surface area contributed by atoms with Gasteiger partial charge >= 0.3 is 0 Å². The normalized spacial score (nSPS) is 11.0. The molecule has 0 unspecified atom stereocenters. The Morgan fingerprint density at radius 3 is 2.10 bits per heavy atom. The number of benzene rings is 3. The second kappa shape index (κ2) is 4.66. The Morgan fingerprint density at radius 1 is 0.905 bits per heavy atom. The van der Waals surface area contributed by atoms with Crippen molar-refractivity contribution in [2.45, 2.75) is 6.92 Å². The SMILES string of the molecule is CC(=O)N(C)c1cccc2c(O)c3ccccc3c(O)c12. The predicted octanol–water partition coefficient (Wildman–Crippen LogP) is 3.39. The first-order valence-corrected chi connectivity index (χ1v) is 6.62. The van der Waals surface area contributed by atoms with Crippen LogP contribution in [-0.2, 0) is 4.79 Å². The monoisotopic (exact) mass is 281 g/mol. The van der Waals surface area contributed by atoms with Gasteiger partial charge in [-0.2, -0.15) is 0 Å². The van der Waals surface area contributed by atoms with Crippen LogP contribution in [0.2, 0.25) is 0 Å². The van der Waals surface area contributed by atoms with Gasteiger partial charge in [-0.05, 0) is 6.07 Å². The predicted molar refractivity (Wildman–Crippen MR) is 83.9 cm³/mol. The van der Waals surface area contributed by atoms with Gasteiger partial charge in [0.15, 0.2) is 0 Å². The molecule has 0 aliphatic rings. The van der Waals surface area contributed by atoms with Crippen molar-refractivity contribution in [1.82, 2.24) is 0 Å². The van der Waals surface area contributed by atoms with Crippen molar-refractivity contribution in [2.75, 3.05) is 11.9 Å². The van der Waals surface area contributed by atoms with Crippen molar-refractivity contribution in [1.29, 1.82) is 0 Å². The number of amides is 1. The van der Waals surface area contributed by atoms with E-state index < -0.39 is 0 Å². The molecule has 3 aromatic rings. The van der Waals surface area contributed by atoms with Crippen LogP contribution in [0.3, 0.4) is 0 Å². The molecular formula is C17H15NO3. The fourth-order valence-electron chi connectivity index (χ4n) is 2.61. The van der Waals surface area contributed by atoms with Gasteiger partial charge in [0.05, 0.1) is 11.1 Å². The highest BCUT2D eigenvalue weighted by atomic mass is 16.3. The van der Waals surface area contributed by atoms with Gasteiger partial charge in [0.1, 0.15) is 11.5 Å². The van der Waals surface area contributed by atoms with E-state index in [2.05, 4.69) is 0 Å². The number of anilines is 1. The fraction of sp³-hybridized carbons (Fsp3) is 0.118. The molecule has 0 bridgehead atoms. The smallest absolute Gasteiger partial charge is 0.223 e. The van der Waals surface area contributed by atoms with Crippen molar-refractivity contribution >= 4 is 33.1 Å². The van der Waals surface area contributed by atoms with Gasteiger partial charge in [0.25, 0.3) is 0 Å². The summed E-state index contributed by atoms with van der Waals surface area (Å²) in [7, 11) is 1.64. The molecule has 0 saturated heterocycles. The number of hydrogen-bond donors (Lipinski definition) is 2. The lowest BCUT2D eigenvalue weighted by Gasteiger charge is -2.19. The van der Waals surface area contributed by atoms with Crippen LogP contribution in [0.4, 0.5) is 5.69 Å². The van der Waals surface area contributed by atoms with Crippen LogP contribution in [0.25, 0.3) is 21.5 Å². The largest absolute Gasteiger partial charge is 0.507 e. The molecule has 1 amide bonds. The zero-order valence-electron chi connectivity index (χ0n) is 11.8. The summed E-state index contributed by atoms with van der Waals surface area (Å²) in [6.45, 7) is 1.46. The Labute approximate surface area is 121 Å². The van der Waals surface area contributed by atoms with Crippen LogP contribution in [0, 0.1) is 0 Å². The van der Waals surface area contributed by atoms with Gasteiger partial charge in [-0.1, -0.05) is 36.4 Å². The molecule has 0 radical (unpaired) electrons. The Hall–Kier alpha value is -2.75. The molecule has 106 valence electrons. The maximum atomic E-state index is 11.6. The van der Waals surface area contributed by atoms with E-state index in [4.69, 9.17) is 0 Å². The first kappa shape index (κ1) is 13.2. The third kappa shape index (κ3) is 1.88. The van der Waals surface area contributed by atoms with Crippen molar-refractivity contribution in [3.05, 3.63) is 42.5 Å². The van der Waals surface area contributed by atoms with Gasteiger partial charge in [-0.25, -0.2) is 0 Å². The van der Waals surface area contributed by atoms with Crippen molar-refractivity contribution in [2.24, 2.45) is 0 Å². The quantitative estimate of drug-likeness (QED) is 0.531. The maximum Gasteiger partial charge on any atom is 0.223 e. The van der Waals surface area contributed by atoms with Crippen LogP contribution in [0.1, 0.15) is 6.92 Å². The maximum absolute atomic E-state index is 11.6. The van der Waals surface area contributed by atoms with Gasteiger partial charge in [0, 0.05) is 30.1 Å². The second-order valence-corrected chi connectivity index (χ2v) is 5.02. The Balaban J connectivity index is 2.52. The molecule has 3 aromatic carbocycles. The third-order valence-electron chi connectivity index (χ3n) is 3.81. The molecule has 0 spiro atoms. The average molecular weight is 281 g/mol. The molecule has 2 N–H and O–H groups in total. The highest BCUT2D eigenvalue weighted by Crippen LogP contribution is 2.44. The van der Waals surface area contributed by atoms with E-state index in [9.17, 15) is 15.0 Å². The molecule has 4 heteroatoms. The summed E-state index contributed by atoms with van der Waals surface area (Å²) in [5.74, 6) is 0.0360. The summed E-state index contributed by atoms with van der Waals surface area (Å²) in [6.07, 6.45) is 0. The minimum Gasteiger partial charge on any atom is -0.507 e. The molecule has 4 nitrogen and oxygen atoms in total. The average Bonchev–Trinajstić information content (AvgIpc) is 2.51. The number of carbonyl (C=O) groups is 1. The van der Waals surface area contributed by atoms with Gasteiger partial charge in [-0.3, -0.25) is 4.79 Å². The van der Waals surface area contributed by atoms with Gasteiger partial charge in [-0.15, -0.1) is 0 Å². The van der Waals surface area contributed by atoms with E-state index >= 15 is 0 Å². The third-order valence-corrected chi connectivity index (χ3v) is 3.81. The van der Waals surface area contributed by atoms with E-state index in [0.717, 1.165) is 0 Å². The lowest BCUT2D eigenvalue weighted by Crippen LogP contribution is -2.22. The topological polar surface area (TPSA) is 60.8 Å². The first-order chi connectivity index (χ1) is 10.0. The Kier molecular flexibility index (Phi) is 2.94. The minimum atomic E-state index is -0.144. The van der Waals surface area contributed by atoms with Crippen LogP contribution in [0.15, 0.2) is 42.5 Å². The van der Waals surface area contributed by atoms with E-state index in [1.807, 2.05) is 0 Å². The molecule has 0 aliphatic heterocycles. The zero-order chi connectivity index (χ0) is 15.1. The summed E-state index contributed by atoms with van der Waals surface area (Å²) in [4.78, 5) is 13.1.